The van der Waals surface area contributed by atoms with Gasteiger partial charge in [0.15, 0.2) is 5.96 Å². The summed E-state index contributed by atoms with van der Waals surface area (Å²) in [7, 11) is 1.83. The molecule has 29 heavy (non-hydrogen) atoms. The number of hydrogen-bond acceptors (Lipinski definition) is 4. The van der Waals surface area contributed by atoms with Gasteiger partial charge in [0.05, 0.1) is 19.3 Å². The molecular formula is C22H35N5O2. The molecular weight excluding hydrogens is 366 g/mol. The molecule has 0 aliphatic rings. The van der Waals surface area contributed by atoms with Gasteiger partial charge in [-0.3, -0.25) is 4.68 Å². The zero-order chi connectivity index (χ0) is 21.3. The maximum Gasteiger partial charge on any atom is 0.191 e. The molecule has 1 aromatic heterocycles. The van der Waals surface area contributed by atoms with Gasteiger partial charge in [-0.25, -0.2) is 4.99 Å². The summed E-state index contributed by atoms with van der Waals surface area (Å²) in [6.07, 6.45) is 4.35. The Morgan fingerprint density at radius 2 is 2.00 bits per heavy atom. The normalized spacial score (nSPS) is 14.0. The fourth-order valence-electron chi connectivity index (χ4n) is 2.71. The molecule has 0 saturated carbocycles. The summed E-state index contributed by atoms with van der Waals surface area (Å²) in [4.78, 5) is 4.54. The van der Waals surface area contributed by atoms with Gasteiger partial charge in [0.2, 0.25) is 0 Å². The van der Waals surface area contributed by atoms with Crippen molar-refractivity contribution in [1.82, 2.24) is 20.4 Å². The first-order valence-corrected chi connectivity index (χ1v) is 10.3. The molecule has 0 bridgehead atoms. The predicted molar refractivity (Wildman–Crippen MR) is 117 cm³/mol. The van der Waals surface area contributed by atoms with Crippen LogP contribution in [-0.4, -0.2) is 47.1 Å². The summed E-state index contributed by atoms with van der Waals surface area (Å²) in [5.74, 6) is 2.11. The number of guanidine groups is 1. The van der Waals surface area contributed by atoms with Gasteiger partial charge < -0.3 is 20.5 Å². The van der Waals surface area contributed by atoms with Crippen molar-refractivity contribution in [2.45, 2.75) is 39.7 Å². The summed E-state index contributed by atoms with van der Waals surface area (Å²) in [6.45, 7) is 10.5. The topological polar surface area (TPSA) is 83.7 Å². The minimum atomic E-state index is -1.07. The largest absolute Gasteiger partial charge is 0.493 e. The van der Waals surface area contributed by atoms with Crippen LogP contribution in [0.5, 0.6) is 5.75 Å². The number of hydrogen-bond donors (Lipinski definition) is 3. The first-order valence-electron chi connectivity index (χ1n) is 10.3. The van der Waals surface area contributed by atoms with Crippen LogP contribution in [0, 0.1) is 5.92 Å². The van der Waals surface area contributed by atoms with Crippen molar-refractivity contribution in [2.24, 2.45) is 18.0 Å². The molecule has 0 aliphatic carbocycles. The molecule has 0 radical (unpaired) electrons. The van der Waals surface area contributed by atoms with E-state index in [9.17, 15) is 5.11 Å². The minimum absolute atomic E-state index is 0.246. The van der Waals surface area contributed by atoms with Gasteiger partial charge in [-0.2, -0.15) is 5.10 Å². The highest BCUT2D eigenvalue weighted by Crippen LogP contribution is 2.19. The molecule has 160 valence electrons. The van der Waals surface area contributed by atoms with Crippen LogP contribution in [0.2, 0.25) is 0 Å². The fourth-order valence-corrected chi connectivity index (χ4v) is 2.71. The third-order valence-electron chi connectivity index (χ3n) is 4.43. The van der Waals surface area contributed by atoms with E-state index in [-0.39, 0.29) is 6.54 Å². The number of rotatable bonds is 10. The van der Waals surface area contributed by atoms with E-state index in [1.165, 1.54) is 5.56 Å². The van der Waals surface area contributed by atoms with E-state index in [1.54, 1.807) is 17.8 Å². The predicted octanol–water partition coefficient (Wildman–Crippen LogP) is 2.46. The molecule has 1 aromatic carbocycles. The summed E-state index contributed by atoms with van der Waals surface area (Å²) in [5, 5.41) is 21.4. The van der Waals surface area contributed by atoms with Gasteiger partial charge in [0.25, 0.3) is 0 Å². The lowest BCUT2D eigenvalue weighted by atomic mass is 10.0. The highest BCUT2D eigenvalue weighted by molar-refractivity contribution is 5.79. The van der Waals surface area contributed by atoms with Crippen molar-refractivity contribution in [3.8, 4) is 5.75 Å². The number of benzene rings is 1. The molecule has 7 nitrogen and oxygen atoms in total. The van der Waals surface area contributed by atoms with E-state index in [4.69, 9.17) is 4.74 Å². The van der Waals surface area contributed by atoms with Crippen molar-refractivity contribution in [3.63, 3.8) is 0 Å². The second-order valence-corrected chi connectivity index (χ2v) is 7.90. The lowest BCUT2D eigenvalue weighted by Crippen LogP contribution is -2.39. The number of aryl methyl sites for hydroxylation is 1. The summed E-state index contributed by atoms with van der Waals surface area (Å²) in [6, 6.07) is 8.22. The SMILES string of the molecule is CCNC(=NCC(C)(O)c1cnn(C)c1)NCCc1ccc(OCC(C)C)cc1. The zero-order valence-electron chi connectivity index (χ0n) is 18.3. The molecule has 0 saturated heterocycles. The molecule has 1 atom stereocenters. The van der Waals surface area contributed by atoms with Crippen LogP contribution in [0.1, 0.15) is 38.8 Å². The molecule has 2 aromatic rings. The van der Waals surface area contributed by atoms with Crippen molar-refractivity contribution in [2.75, 3.05) is 26.2 Å². The van der Waals surface area contributed by atoms with E-state index >= 15 is 0 Å². The molecule has 7 heteroatoms. The molecule has 3 N–H and O–H groups in total. The standard InChI is InChI=1S/C22H35N5O2/c1-6-23-21(25-16-22(4,28)19-13-26-27(5)14-19)24-12-11-18-7-9-20(10-8-18)29-15-17(2)3/h7-10,13-14,17,28H,6,11-12,15-16H2,1-5H3,(H2,23,24,25). The average Bonchev–Trinajstić information content (AvgIpc) is 3.13. The summed E-state index contributed by atoms with van der Waals surface area (Å²) in [5.41, 5.74) is 0.912. The van der Waals surface area contributed by atoms with Crippen molar-refractivity contribution < 1.29 is 9.84 Å². The van der Waals surface area contributed by atoms with Gasteiger partial charge in [0.1, 0.15) is 11.4 Å². The molecule has 1 heterocycles. The molecule has 0 fully saturated rings. The monoisotopic (exact) mass is 401 g/mol. The number of aliphatic imine (C=N–C) groups is 1. The first kappa shape index (κ1) is 22.7. The van der Waals surface area contributed by atoms with E-state index in [0.717, 1.165) is 37.4 Å². The molecule has 0 aliphatic heterocycles. The quantitative estimate of drug-likeness (QED) is 0.421. The van der Waals surface area contributed by atoms with E-state index in [2.05, 4.69) is 46.7 Å². The molecule has 2 rings (SSSR count). The van der Waals surface area contributed by atoms with Gasteiger partial charge in [-0.05, 0) is 43.9 Å². The number of nitrogens with one attached hydrogen (secondary N) is 2. The number of aliphatic hydroxyl groups is 1. The third kappa shape index (κ3) is 7.77. The average molecular weight is 402 g/mol. The maximum atomic E-state index is 10.7. The van der Waals surface area contributed by atoms with Crippen LogP contribution < -0.4 is 15.4 Å². The Labute approximate surface area is 174 Å². The Morgan fingerprint density at radius 3 is 2.59 bits per heavy atom. The van der Waals surface area contributed by atoms with Crippen LogP contribution in [0.25, 0.3) is 0 Å². The molecule has 1 unspecified atom stereocenters. The van der Waals surface area contributed by atoms with Gasteiger partial charge in [-0.1, -0.05) is 26.0 Å². The van der Waals surface area contributed by atoms with Crippen LogP contribution in [0.4, 0.5) is 0 Å². The lowest BCUT2D eigenvalue weighted by Gasteiger charge is -2.20. The number of nitrogens with zero attached hydrogens (tertiary/aromatic N) is 3. The Bertz CT molecular complexity index is 766. The van der Waals surface area contributed by atoms with E-state index in [0.29, 0.717) is 11.9 Å². The van der Waals surface area contributed by atoms with Crippen LogP contribution in [0.15, 0.2) is 41.7 Å². The van der Waals surface area contributed by atoms with Gasteiger partial charge >= 0.3 is 0 Å². The second kappa shape index (κ2) is 10.9. The van der Waals surface area contributed by atoms with E-state index < -0.39 is 5.60 Å². The zero-order valence-corrected chi connectivity index (χ0v) is 18.3. The van der Waals surface area contributed by atoms with Crippen molar-refractivity contribution in [1.29, 1.82) is 0 Å². The highest BCUT2D eigenvalue weighted by atomic mass is 16.5. The second-order valence-electron chi connectivity index (χ2n) is 7.90. The maximum absolute atomic E-state index is 10.7. The Balaban J connectivity index is 1.86. The Hall–Kier alpha value is -2.54. The highest BCUT2D eigenvalue weighted by Gasteiger charge is 2.24. The minimum Gasteiger partial charge on any atom is -0.493 e. The van der Waals surface area contributed by atoms with Crippen LogP contribution in [0.3, 0.4) is 0 Å². The van der Waals surface area contributed by atoms with Gasteiger partial charge in [-0.15, -0.1) is 0 Å². The number of ether oxygens (including phenoxy) is 1. The fraction of sp³-hybridized carbons (Fsp3) is 0.545. The Morgan fingerprint density at radius 1 is 1.28 bits per heavy atom. The summed E-state index contributed by atoms with van der Waals surface area (Å²) >= 11 is 0. The smallest absolute Gasteiger partial charge is 0.191 e. The van der Waals surface area contributed by atoms with Gasteiger partial charge in [0, 0.05) is 31.9 Å². The number of aromatic nitrogens is 2. The summed E-state index contributed by atoms with van der Waals surface area (Å²) < 4.78 is 7.40. The van der Waals surface area contributed by atoms with Crippen LogP contribution in [-0.2, 0) is 19.1 Å². The lowest BCUT2D eigenvalue weighted by molar-refractivity contribution is 0.0672. The molecule has 0 amide bonds. The van der Waals surface area contributed by atoms with Crippen LogP contribution >= 0.6 is 0 Å². The van der Waals surface area contributed by atoms with Crippen molar-refractivity contribution >= 4 is 5.96 Å². The molecule has 0 spiro atoms. The third-order valence-corrected chi connectivity index (χ3v) is 4.43. The first-order chi connectivity index (χ1) is 13.8. The van der Waals surface area contributed by atoms with E-state index in [1.807, 2.05) is 32.3 Å². The van der Waals surface area contributed by atoms with Crippen molar-refractivity contribution in [3.05, 3.63) is 47.8 Å². The Kier molecular flexibility index (Phi) is 8.51.